The van der Waals surface area contributed by atoms with Crippen LogP contribution in [0.1, 0.15) is 16.8 Å². The van der Waals surface area contributed by atoms with Gasteiger partial charge in [0.05, 0.1) is 5.69 Å². The third-order valence-corrected chi connectivity index (χ3v) is 3.13. The number of aryl methyl sites for hydroxylation is 1. The predicted molar refractivity (Wildman–Crippen MR) is 75.3 cm³/mol. The number of fused-ring (bicyclic) bond motifs is 1. The topological polar surface area (TPSA) is 62.5 Å². The second-order valence-electron chi connectivity index (χ2n) is 4.58. The van der Waals surface area contributed by atoms with Crippen molar-refractivity contribution in [2.45, 2.75) is 13.3 Å². The number of hydrogen-bond donors (Lipinski definition) is 0. The van der Waals surface area contributed by atoms with Crippen molar-refractivity contribution in [2.75, 3.05) is 0 Å². The van der Waals surface area contributed by atoms with Crippen molar-refractivity contribution in [3.8, 4) is 0 Å². The minimum absolute atomic E-state index is 0. The van der Waals surface area contributed by atoms with Crippen molar-refractivity contribution < 1.29 is 32.7 Å². The van der Waals surface area contributed by atoms with Crippen LogP contribution in [-0.2, 0) is 39.1 Å². The molecule has 0 bridgehead atoms. The van der Waals surface area contributed by atoms with E-state index in [1.54, 1.807) is 12.4 Å². The molecule has 0 fully saturated rings. The fourth-order valence-electron chi connectivity index (χ4n) is 2.15. The molecule has 0 aliphatic heterocycles. The SMILES string of the molecule is Cc1ccc2c(Cc3ccncc3)nnc([NH-])c2c1.[Y]. The minimum Gasteiger partial charge on any atom is -0.480 e. The van der Waals surface area contributed by atoms with Gasteiger partial charge in [-0.1, -0.05) is 23.8 Å². The number of rotatable bonds is 2. The molecule has 1 N–H and O–H groups in total. The van der Waals surface area contributed by atoms with Gasteiger partial charge in [-0.15, -0.1) is 0 Å². The molecule has 0 spiro atoms. The zero-order valence-electron chi connectivity index (χ0n) is 11.2. The second-order valence-corrected chi connectivity index (χ2v) is 4.58. The van der Waals surface area contributed by atoms with Gasteiger partial charge in [0.2, 0.25) is 0 Å². The first kappa shape index (κ1) is 15.0. The summed E-state index contributed by atoms with van der Waals surface area (Å²) in [4.78, 5) is 4.01. The van der Waals surface area contributed by atoms with E-state index in [4.69, 9.17) is 5.73 Å². The molecule has 0 saturated heterocycles. The molecule has 0 amide bonds. The fraction of sp³-hybridized carbons (Fsp3) is 0.133. The summed E-state index contributed by atoms with van der Waals surface area (Å²) >= 11 is 0. The smallest absolute Gasteiger partial charge is 0.0517 e. The first-order valence-electron chi connectivity index (χ1n) is 6.10. The standard InChI is InChI=1S/C15H13N4.Y/c1-10-2-3-12-13(8-10)15(16)19-18-14(12)9-11-4-6-17-7-5-11;/h2-8H,9H2,1H3,(H-,16,19);/q-1;. The Morgan fingerprint density at radius 2 is 1.75 bits per heavy atom. The number of aromatic nitrogens is 3. The van der Waals surface area contributed by atoms with E-state index in [2.05, 4.69) is 15.2 Å². The Balaban J connectivity index is 0.00000147. The fourth-order valence-corrected chi connectivity index (χ4v) is 2.15. The number of nitrogens with one attached hydrogen (secondary N) is 1. The minimum atomic E-state index is 0. The average Bonchev–Trinajstić information content (AvgIpc) is 2.43. The summed E-state index contributed by atoms with van der Waals surface area (Å²) in [5, 5.41) is 9.98. The Morgan fingerprint density at radius 1 is 1.00 bits per heavy atom. The predicted octanol–water partition coefficient (Wildman–Crippen LogP) is 3.61. The normalized spacial score (nSPS) is 10.2. The summed E-state index contributed by atoms with van der Waals surface area (Å²) in [5.41, 5.74) is 11.0. The van der Waals surface area contributed by atoms with Crippen molar-refractivity contribution in [3.05, 3.63) is 65.3 Å². The van der Waals surface area contributed by atoms with Gasteiger partial charge < -0.3 is 10.8 Å². The van der Waals surface area contributed by atoms with Crippen LogP contribution in [0.4, 0.5) is 5.82 Å². The Kier molecular flexibility index (Phi) is 4.79. The molecule has 2 aromatic heterocycles. The van der Waals surface area contributed by atoms with Gasteiger partial charge in [-0.25, -0.2) is 0 Å². The second kappa shape index (κ2) is 6.38. The summed E-state index contributed by atoms with van der Waals surface area (Å²) in [5.74, 6) is 0.233. The molecule has 1 radical (unpaired) electrons. The number of nitrogens with zero attached hydrogens (tertiary/aromatic N) is 3. The summed E-state index contributed by atoms with van der Waals surface area (Å²) in [7, 11) is 0. The van der Waals surface area contributed by atoms with E-state index >= 15 is 0 Å². The van der Waals surface area contributed by atoms with Crippen LogP contribution in [0.25, 0.3) is 16.5 Å². The molecule has 97 valence electrons. The molecule has 20 heavy (non-hydrogen) atoms. The molecule has 2 heterocycles. The van der Waals surface area contributed by atoms with E-state index in [9.17, 15) is 0 Å². The molecule has 0 saturated carbocycles. The maximum absolute atomic E-state index is 7.85. The van der Waals surface area contributed by atoms with Crippen molar-refractivity contribution >= 4 is 16.6 Å². The number of benzene rings is 1. The molecular weight excluding hydrogens is 325 g/mol. The summed E-state index contributed by atoms with van der Waals surface area (Å²) in [6, 6.07) is 9.99. The maximum atomic E-state index is 7.85. The van der Waals surface area contributed by atoms with Gasteiger partial charge >= 0.3 is 0 Å². The summed E-state index contributed by atoms with van der Waals surface area (Å²) in [6.07, 6.45) is 4.25. The van der Waals surface area contributed by atoms with E-state index in [-0.39, 0.29) is 38.5 Å². The first-order chi connectivity index (χ1) is 9.24. The van der Waals surface area contributed by atoms with Crippen LogP contribution in [0.2, 0.25) is 0 Å². The monoisotopic (exact) mass is 338 g/mol. The molecule has 0 aliphatic rings. The largest absolute Gasteiger partial charge is 0.480 e. The van der Waals surface area contributed by atoms with Gasteiger partial charge in [-0.05, 0) is 35.8 Å². The Bertz CT molecular complexity index is 729. The van der Waals surface area contributed by atoms with E-state index in [0.717, 1.165) is 27.6 Å². The van der Waals surface area contributed by atoms with Crippen LogP contribution in [-0.4, -0.2) is 15.2 Å². The van der Waals surface area contributed by atoms with Crippen LogP contribution < -0.4 is 0 Å². The molecular formula is C15H13N4Y-. The Hall–Kier alpha value is -1.39. The van der Waals surface area contributed by atoms with Gasteiger partial charge in [0.15, 0.2) is 0 Å². The van der Waals surface area contributed by atoms with Crippen molar-refractivity contribution in [1.82, 2.24) is 15.2 Å². The van der Waals surface area contributed by atoms with Crippen LogP contribution in [0.5, 0.6) is 0 Å². The summed E-state index contributed by atoms with van der Waals surface area (Å²) < 4.78 is 0. The van der Waals surface area contributed by atoms with E-state index in [1.165, 1.54) is 0 Å². The zero-order valence-corrected chi connectivity index (χ0v) is 14.0. The van der Waals surface area contributed by atoms with Crippen LogP contribution >= 0.6 is 0 Å². The molecule has 3 rings (SSSR count). The van der Waals surface area contributed by atoms with Gasteiger partial charge in [-0.3, -0.25) is 10.1 Å². The zero-order chi connectivity index (χ0) is 13.2. The molecule has 0 unspecified atom stereocenters. The molecule has 0 atom stereocenters. The molecule has 5 heteroatoms. The van der Waals surface area contributed by atoms with Crippen molar-refractivity contribution in [3.63, 3.8) is 0 Å². The molecule has 1 aromatic carbocycles. The third kappa shape index (κ3) is 3.02. The van der Waals surface area contributed by atoms with Crippen LogP contribution in [0, 0.1) is 6.92 Å². The van der Waals surface area contributed by atoms with Gasteiger partial charge in [0, 0.05) is 56.9 Å². The Labute approximate surface area is 142 Å². The van der Waals surface area contributed by atoms with Crippen LogP contribution in [0.3, 0.4) is 0 Å². The average molecular weight is 338 g/mol. The maximum Gasteiger partial charge on any atom is 0.0517 e. The quantitative estimate of drug-likeness (QED) is 0.717. The van der Waals surface area contributed by atoms with Crippen molar-refractivity contribution in [2.24, 2.45) is 0 Å². The molecule has 3 aromatic rings. The van der Waals surface area contributed by atoms with Gasteiger partial charge in [-0.2, -0.15) is 0 Å². The number of hydrogen-bond acceptors (Lipinski definition) is 3. The third-order valence-electron chi connectivity index (χ3n) is 3.13. The van der Waals surface area contributed by atoms with Gasteiger partial charge in [0.25, 0.3) is 0 Å². The van der Waals surface area contributed by atoms with Crippen molar-refractivity contribution in [1.29, 1.82) is 0 Å². The number of pyridine rings is 1. The Morgan fingerprint density at radius 3 is 2.50 bits per heavy atom. The molecule has 4 nitrogen and oxygen atoms in total. The van der Waals surface area contributed by atoms with E-state index in [1.807, 2.05) is 37.3 Å². The first-order valence-corrected chi connectivity index (χ1v) is 6.10. The van der Waals surface area contributed by atoms with E-state index < -0.39 is 0 Å². The molecule has 0 aliphatic carbocycles. The summed E-state index contributed by atoms with van der Waals surface area (Å²) in [6.45, 7) is 2.02. The van der Waals surface area contributed by atoms with Crippen LogP contribution in [0.15, 0.2) is 42.7 Å². The van der Waals surface area contributed by atoms with Gasteiger partial charge in [0.1, 0.15) is 0 Å². The van der Waals surface area contributed by atoms with E-state index in [0.29, 0.717) is 6.42 Å².